The minimum Gasteiger partial charge on any atom is -0.336 e. The largest absolute Gasteiger partial charge is 0.336 e. The zero-order chi connectivity index (χ0) is 11.5. The second-order valence-corrected chi connectivity index (χ2v) is 3.88. The van der Waals surface area contributed by atoms with Gasteiger partial charge < -0.3 is 5.32 Å². The average Bonchev–Trinajstić information content (AvgIpc) is 2.68. The van der Waals surface area contributed by atoms with E-state index >= 15 is 0 Å². The Morgan fingerprint density at radius 1 is 1.44 bits per heavy atom. The summed E-state index contributed by atoms with van der Waals surface area (Å²) in [4.78, 5) is 24.4. The Labute approximate surface area is 94.2 Å². The molecule has 0 spiro atoms. The van der Waals surface area contributed by atoms with Crippen molar-refractivity contribution in [1.29, 1.82) is 0 Å². The van der Waals surface area contributed by atoms with Crippen LogP contribution in [0.3, 0.4) is 0 Å². The van der Waals surface area contributed by atoms with Crippen molar-refractivity contribution in [3.05, 3.63) is 35.4 Å². The molecule has 16 heavy (non-hydrogen) atoms. The Morgan fingerprint density at radius 2 is 2.19 bits per heavy atom. The van der Waals surface area contributed by atoms with Gasteiger partial charge in [0.15, 0.2) is 0 Å². The number of hydrogen-bond donors (Lipinski definition) is 1. The minimum atomic E-state index is -0.279. The van der Waals surface area contributed by atoms with Gasteiger partial charge >= 0.3 is 6.03 Å². The summed E-state index contributed by atoms with van der Waals surface area (Å²) in [6, 6.07) is 7.44. The molecule has 0 radical (unpaired) electrons. The average molecular weight is 218 g/mol. The summed E-state index contributed by atoms with van der Waals surface area (Å²) in [7, 11) is 0. The summed E-state index contributed by atoms with van der Waals surface area (Å²) in [5.74, 6) is -0.135. The first-order valence-electron chi connectivity index (χ1n) is 5.31. The summed E-state index contributed by atoms with van der Waals surface area (Å²) >= 11 is 0. The highest BCUT2D eigenvalue weighted by Crippen LogP contribution is 2.10. The molecule has 4 heteroatoms. The molecular formula is C12H14N2O2. The Balaban J connectivity index is 2.08. The molecule has 1 fully saturated rings. The van der Waals surface area contributed by atoms with Gasteiger partial charge in [0.05, 0.1) is 6.42 Å². The van der Waals surface area contributed by atoms with Crippen LogP contribution in [0.15, 0.2) is 24.3 Å². The van der Waals surface area contributed by atoms with Gasteiger partial charge in [-0.2, -0.15) is 0 Å². The lowest BCUT2D eigenvalue weighted by Crippen LogP contribution is -2.35. The van der Waals surface area contributed by atoms with E-state index in [0.29, 0.717) is 19.5 Å². The van der Waals surface area contributed by atoms with Crippen molar-refractivity contribution < 1.29 is 9.59 Å². The molecule has 1 aliphatic rings. The van der Waals surface area contributed by atoms with Gasteiger partial charge in [0.1, 0.15) is 0 Å². The van der Waals surface area contributed by atoms with Crippen LogP contribution in [0.25, 0.3) is 0 Å². The number of benzene rings is 1. The molecule has 1 saturated heterocycles. The third kappa shape index (κ3) is 2.05. The highest BCUT2D eigenvalue weighted by atomic mass is 16.2. The normalized spacial score (nSPS) is 15.1. The van der Waals surface area contributed by atoms with E-state index in [4.69, 9.17) is 0 Å². The molecule has 1 aromatic rings. The van der Waals surface area contributed by atoms with Crippen molar-refractivity contribution in [3.8, 4) is 0 Å². The van der Waals surface area contributed by atoms with E-state index < -0.39 is 0 Å². The van der Waals surface area contributed by atoms with E-state index in [1.165, 1.54) is 4.90 Å². The number of nitrogens with zero attached hydrogens (tertiary/aromatic N) is 1. The molecule has 0 aliphatic carbocycles. The molecule has 1 N–H and O–H groups in total. The number of aryl methyl sites for hydroxylation is 1. The van der Waals surface area contributed by atoms with Crippen LogP contribution < -0.4 is 5.32 Å². The quantitative estimate of drug-likeness (QED) is 0.807. The van der Waals surface area contributed by atoms with Crippen molar-refractivity contribution in [2.45, 2.75) is 13.3 Å². The number of hydrogen-bond acceptors (Lipinski definition) is 2. The van der Waals surface area contributed by atoms with Crippen molar-refractivity contribution >= 4 is 11.9 Å². The first kappa shape index (κ1) is 10.7. The van der Waals surface area contributed by atoms with Gasteiger partial charge in [0.25, 0.3) is 0 Å². The number of imide groups is 1. The topological polar surface area (TPSA) is 49.4 Å². The zero-order valence-electron chi connectivity index (χ0n) is 9.19. The highest BCUT2D eigenvalue weighted by Gasteiger charge is 2.25. The summed E-state index contributed by atoms with van der Waals surface area (Å²) in [6.07, 6.45) is 0.292. The molecule has 1 aliphatic heterocycles. The fraction of sp³-hybridized carbons (Fsp3) is 0.333. The Morgan fingerprint density at radius 3 is 2.81 bits per heavy atom. The van der Waals surface area contributed by atoms with Gasteiger partial charge in [0.2, 0.25) is 5.91 Å². The summed E-state index contributed by atoms with van der Waals surface area (Å²) in [5.41, 5.74) is 2.06. The maximum atomic E-state index is 11.8. The molecule has 4 nitrogen and oxygen atoms in total. The van der Waals surface area contributed by atoms with E-state index in [9.17, 15) is 9.59 Å². The van der Waals surface area contributed by atoms with Crippen LogP contribution >= 0.6 is 0 Å². The summed E-state index contributed by atoms with van der Waals surface area (Å²) in [5, 5.41) is 2.62. The number of rotatable bonds is 2. The number of carbonyl (C=O) groups is 2. The van der Waals surface area contributed by atoms with Crippen molar-refractivity contribution in [3.63, 3.8) is 0 Å². The molecule has 0 atom stereocenters. The monoisotopic (exact) mass is 218 g/mol. The predicted octanol–water partition coefficient (Wildman–Crippen LogP) is 1.09. The molecule has 0 unspecified atom stereocenters. The van der Waals surface area contributed by atoms with Gasteiger partial charge in [-0.1, -0.05) is 24.3 Å². The predicted molar refractivity (Wildman–Crippen MR) is 60.0 cm³/mol. The second kappa shape index (κ2) is 4.35. The molecule has 2 rings (SSSR count). The van der Waals surface area contributed by atoms with Crippen molar-refractivity contribution in [1.82, 2.24) is 10.2 Å². The number of amides is 3. The van der Waals surface area contributed by atoms with Gasteiger partial charge in [-0.05, 0) is 18.1 Å². The molecule has 3 amide bonds. The summed E-state index contributed by atoms with van der Waals surface area (Å²) in [6.45, 7) is 2.99. The van der Waals surface area contributed by atoms with Crippen LogP contribution in [0.5, 0.6) is 0 Å². The van der Waals surface area contributed by atoms with E-state index in [-0.39, 0.29) is 11.9 Å². The lowest BCUT2D eigenvalue weighted by Gasteiger charge is -2.12. The molecule has 0 bridgehead atoms. The number of nitrogens with one attached hydrogen (secondary N) is 1. The van der Waals surface area contributed by atoms with E-state index in [1.54, 1.807) is 0 Å². The van der Waals surface area contributed by atoms with Crippen LogP contribution in [0.1, 0.15) is 11.1 Å². The molecule has 1 aromatic carbocycles. The zero-order valence-corrected chi connectivity index (χ0v) is 9.19. The standard InChI is InChI=1S/C12H14N2O2/c1-9-4-2-3-5-10(9)8-11(15)14-7-6-13-12(14)16/h2-5H,6-8H2,1H3,(H,13,16). The summed E-state index contributed by atoms with van der Waals surface area (Å²) < 4.78 is 0. The van der Waals surface area contributed by atoms with Gasteiger partial charge in [-0.25, -0.2) is 4.79 Å². The minimum absolute atomic E-state index is 0.135. The smallest absolute Gasteiger partial charge is 0.324 e. The van der Waals surface area contributed by atoms with Crippen LogP contribution in [0.4, 0.5) is 4.79 Å². The first-order valence-corrected chi connectivity index (χ1v) is 5.31. The highest BCUT2D eigenvalue weighted by molar-refractivity contribution is 5.96. The lowest BCUT2D eigenvalue weighted by atomic mass is 10.1. The molecular weight excluding hydrogens is 204 g/mol. The molecule has 84 valence electrons. The van der Waals surface area contributed by atoms with Gasteiger partial charge in [0, 0.05) is 13.1 Å². The Bertz CT molecular complexity index is 429. The molecule has 0 saturated carbocycles. The number of urea groups is 1. The lowest BCUT2D eigenvalue weighted by molar-refractivity contribution is -0.126. The van der Waals surface area contributed by atoms with Crippen LogP contribution in [-0.2, 0) is 11.2 Å². The SMILES string of the molecule is Cc1ccccc1CC(=O)N1CCNC1=O. The van der Waals surface area contributed by atoms with Crippen LogP contribution in [0.2, 0.25) is 0 Å². The van der Waals surface area contributed by atoms with Crippen LogP contribution in [-0.4, -0.2) is 29.9 Å². The van der Waals surface area contributed by atoms with Gasteiger partial charge in [-0.3, -0.25) is 9.69 Å². The fourth-order valence-corrected chi connectivity index (χ4v) is 1.78. The molecule has 1 heterocycles. The van der Waals surface area contributed by atoms with Crippen molar-refractivity contribution in [2.75, 3.05) is 13.1 Å². The maximum Gasteiger partial charge on any atom is 0.324 e. The van der Waals surface area contributed by atoms with E-state index in [0.717, 1.165) is 11.1 Å². The second-order valence-electron chi connectivity index (χ2n) is 3.88. The fourth-order valence-electron chi connectivity index (χ4n) is 1.78. The van der Waals surface area contributed by atoms with E-state index in [2.05, 4.69) is 5.32 Å². The Hall–Kier alpha value is -1.84. The van der Waals surface area contributed by atoms with Gasteiger partial charge in [-0.15, -0.1) is 0 Å². The molecule has 0 aromatic heterocycles. The maximum absolute atomic E-state index is 11.8. The van der Waals surface area contributed by atoms with E-state index in [1.807, 2.05) is 31.2 Å². The Kier molecular flexibility index (Phi) is 2.90. The first-order chi connectivity index (χ1) is 7.68. The van der Waals surface area contributed by atoms with Crippen molar-refractivity contribution in [2.24, 2.45) is 0 Å². The number of carbonyl (C=O) groups excluding carboxylic acids is 2. The third-order valence-corrected chi connectivity index (χ3v) is 2.76. The van der Waals surface area contributed by atoms with Crippen LogP contribution in [0, 0.1) is 6.92 Å². The third-order valence-electron chi connectivity index (χ3n) is 2.76.